The van der Waals surface area contributed by atoms with Gasteiger partial charge in [-0.25, -0.2) is 9.97 Å². The molecule has 0 bridgehead atoms. The Labute approximate surface area is 174 Å². The molecule has 0 aliphatic carbocycles. The average Bonchev–Trinajstić information content (AvgIpc) is 2.72. The predicted molar refractivity (Wildman–Crippen MR) is 114 cm³/mol. The third kappa shape index (κ3) is 5.02. The number of hydrogen-bond acceptors (Lipinski definition) is 7. The van der Waals surface area contributed by atoms with Gasteiger partial charge in [-0.05, 0) is 29.7 Å². The fourth-order valence-electron chi connectivity index (χ4n) is 3.00. The second-order valence-electron chi connectivity index (χ2n) is 6.92. The van der Waals surface area contributed by atoms with Crippen LogP contribution < -0.4 is 20.1 Å². The van der Waals surface area contributed by atoms with Crippen molar-refractivity contribution in [2.75, 3.05) is 19.0 Å². The van der Waals surface area contributed by atoms with Crippen molar-refractivity contribution < 1.29 is 19.1 Å². The number of aromatic nitrogens is 2. The van der Waals surface area contributed by atoms with Gasteiger partial charge in [0.1, 0.15) is 12.1 Å². The largest absolute Gasteiger partial charge is 0.493 e. The van der Waals surface area contributed by atoms with Crippen LogP contribution in [0.15, 0.2) is 42.7 Å². The number of benzene rings is 2. The summed E-state index contributed by atoms with van der Waals surface area (Å²) >= 11 is 0. The second-order valence-corrected chi connectivity index (χ2v) is 6.92. The summed E-state index contributed by atoms with van der Waals surface area (Å²) in [7, 11) is 1.50. The van der Waals surface area contributed by atoms with Gasteiger partial charge in [0.25, 0.3) is 0 Å². The van der Waals surface area contributed by atoms with Crippen molar-refractivity contribution in [3.63, 3.8) is 0 Å². The average molecular weight is 408 g/mol. The van der Waals surface area contributed by atoms with E-state index in [4.69, 9.17) is 9.47 Å². The van der Waals surface area contributed by atoms with Crippen molar-refractivity contribution in [3.8, 4) is 11.5 Å². The molecule has 2 N–H and O–H groups in total. The molecule has 2 aromatic carbocycles. The summed E-state index contributed by atoms with van der Waals surface area (Å²) in [6.45, 7) is 5.48. The van der Waals surface area contributed by atoms with Gasteiger partial charge in [0, 0.05) is 37.5 Å². The van der Waals surface area contributed by atoms with Crippen LogP contribution in [0.5, 0.6) is 11.5 Å². The lowest BCUT2D eigenvalue weighted by atomic mass is 10.0. The van der Waals surface area contributed by atoms with Crippen LogP contribution in [0.25, 0.3) is 10.9 Å². The van der Waals surface area contributed by atoms with Gasteiger partial charge in [-0.3, -0.25) is 9.59 Å². The van der Waals surface area contributed by atoms with E-state index in [1.54, 1.807) is 12.1 Å². The number of esters is 1. The van der Waals surface area contributed by atoms with Crippen molar-refractivity contribution in [1.82, 2.24) is 15.3 Å². The molecule has 0 fully saturated rings. The summed E-state index contributed by atoms with van der Waals surface area (Å²) in [5.41, 5.74) is 2.61. The zero-order chi connectivity index (χ0) is 21.7. The number of carbonyl (C=O) groups is 2. The van der Waals surface area contributed by atoms with Crippen LogP contribution in [-0.4, -0.2) is 35.5 Å². The molecular formula is C22H24N4O4. The molecule has 3 rings (SSSR count). The van der Waals surface area contributed by atoms with Gasteiger partial charge in [-0.15, -0.1) is 0 Å². The normalized spacial score (nSPS) is 11.6. The van der Waals surface area contributed by atoms with Crippen LogP contribution in [0.3, 0.4) is 0 Å². The molecular weight excluding hydrogens is 384 g/mol. The minimum Gasteiger partial charge on any atom is -0.493 e. The lowest BCUT2D eigenvalue weighted by Crippen LogP contribution is -2.24. The molecule has 156 valence electrons. The molecule has 1 heterocycles. The highest BCUT2D eigenvalue weighted by Gasteiger charge is 2.13. The van der Waals surface area contributed by atoms with Gasteiger partial charge >= 0.3 is 5.97 Å². The minimum atomic E-state index is -0.442. The highest BCUT2D eigenvalue weighted by Crippen LogP contribution is 2.35. The zero-order valence-corrected chi connectivity index (χ0v) is 17.4. The van der Waals surface area contributed by atoms with E-state index >= 15 is 0 Å². The molecule has 3 aromatic rings. The van der Waals surface area contributed by atoms with E-state index < -0.39 is 5.97 Å². The molecule has 0 radical (unpaired) electrons. The minimum absolute atomic E-state index is 0.0412. The summed E-state index contributed by atoms with van der Waals surface area (Å²) < 4.78 is 10.6. The maximum atomic E-state index is 11.4. The number of ether oxygens (including phenoxy) is 2. The van der Waals surface area contributed by atoms with Crippen LogP contribution in [0.1, 0.15) is 32.3 Å². The Morgan fingerprint density at radius 3 is 2.43 bits per heavy atom. The number of nitrogens with zero attached hydrogens (tertiary/aromatic N) is 2. The molecule has 8 heteroatoms. The first kappa shape index (κ1) is 21.0. The quantitative estimate of drug-likeness (QED) is 0.455. The number of rotatable bonds is 7. The Bertz CT molecular complexity index is 1070. The Kier molecular flexibility index (Phi) is 6.46. The van der Waals surface area contributed by atoms with Crippen LogP contribution in [0.2, 0.25) is 0 Å². The van der Waals surface area contributed by atoms with Crippen LogP contribution in [0, 0.1) is 0 Å². The monoisotopic (exact) mass is 408 g/mol. The molecule has 8 nitrogen and oxygen atoms in total. The summed E-state index contributed by atoms with van der Waals surface area (Å²) in [6, 6.07) is 11.3. The molecule has 0 aliphatic rings. The first-order chi connectivity index (χ1) is 14.4. The first-order valence-corrected chi connectivity index (χ1v) is 9.50. The van der Waals surface area contributed by atoms with E-state index in [0.717, 1.165) is 11.3 Å². The standard InChI is InChI=1S/C22H24N4O4/c1-13(11-23-14(2)27)16-5-7-17(8-6-16)26-22-18-9-21(30-15(3)28)20(29-4)10-19(18)24-12-25-22/h5-10,12-13H,11H2,1-4H3,(H,23,27)(H,24,25,26). The highest BCUT2D eigenvalue weighted by molar-refractivity contribution is 5.93. The maximum Gasteiger partial charge on any atom is 0.308 e. The van der Waals surface area contributed by atoms with Gasteiger partial charge in [0.15, 0.2) is 11.5 Å². The zero-order valence-electron chi connectivity index (χ0n) is 17.4. The van der Waals surface area contributed by atoms with Crippen molar-refractivity contribution >= 4 is 34.3 Å². The van der Waals surface area contributed by atoms with E-state index in [2.05, 4.69) is 27.5 Å². The molecule has 0 saturated carbocycles. The van der Waals surface area contributed by atoms with Crippen LogP contribution in [0.4, 0.5) is 11.5 Å². The number of methoxy groups -OCH3 is 1. The molecule has 1 amide bonds. The van der Waals surface area contributed by atoms with Gasteiger partial charge < -0.3 is 20.1 Å². The van der Waals surface area contributed by atoms with Gasteiger partial charge in [-0.2, -0.15) is 0 Å². The molecule has 0 spiro atoms. The van der Waals surface area contributed by atoms with E-state index in [9.17, 15) is 9.59 Å². The summed E-state index contributed by atoms with van der Waals surface area (Å²) in [6.07, 6.45) is 1.46. The topological polar surface area (TPSA) is 102 Å². The van der Waals surface area contributed by atoms with Gasteiger partial charge in [-0.1, -0.05) is 19.1 Å². The summed E-state index contributed by atoms with van der Waals surface area (Å²) in [5, 5.41) is 6.80. The molecule has 1 unspecified atom stereocenters. The SMILES string of the molecule is COc1cc2ncnc(Nc3ccc(C(C)CNC(C)=O)cc3)c2cc1OC(C)=O. The number of hydrogen-bond donors (Lipinski definition) is 2. The van der Waals surface area contributed by atoms with E-state index in [0.29, 0.717) is 34.8 Å². The Morgan fingerprint density at radius 2 is 1.80 bits per heavy atom. The third-order valence-corrected chi connectivity index (χ3v) is 4.57. The third-order valence-electron chi connectivity index (χ3n) is 4.57. The summed E-state index contributed by atoms with van der Waals surface area (Å²) in [4.78, 5) is 31.1. The van der Waals surface area contributed by atoms with Crippen LogP contribution >= 0.6 is 0 Å². The van der Waals surface area contributed by atoms with E-state index in [-0.39, 0.29) is 11.8 Å². The molecule has 0 saturated heterocycles. The Hall–Kier alpha value is -3.68. The number of fused-ring (bicyclic) bond motifs is 1. The highest BCUT2D eigenvalue weighted by atomic mass is 16.6. The fraction of sp³-hybridized carbons (Fsp3) is 0.273. The number of nitrogens with one attached hydrogen (secondary N) is 2. The first-order valence-electron chi connectivity index (χ1n) is 9.50. The summed E-state index contributed by atoms with van der Waals surface area (Å²) in [5.74, 6) is 1.01. The molecule has 0 aliphatic heterocycles. The maximum absolute atomic E-state index is 11.4. The Morgan fingerprint density at radius 1 is 1.07 bits per heavy atom. The fourth-order valence-corrected chi connectivity index (χ4v) is 3.00. The van der Waals surface area contributed by atoms with E-state index in [1.807, 2.05) is 24.3 Å². The van der Waals surface area contributed by atoms with Crippen molar-refractivity contribution in [3.05, 3.63) is 48.3 Å². The number of anilines is 2. The van der Waals surface area contributed by atoms with E-state index in [1.165, 1.54) is 27.3 Å². The molecule has 1 aromatic heterocycles. The van der Waals surface area contributed by atoms with Crippen molar-refractivity contribution in [2.24, 2.45) is 0 Å². The van der Waals surface area contributed by atoms with Gasteiger partial charge in [0.05, 0.1) is 12.6 Å². The molecule has 30 heavy (non-hydrogen) atoms. The lowest BCUT2D eigenvalue weighted by Gasteiger charge is -2.14. The Balaban J connectivity index is 1.86. The lowest BCUT2D eigenvalue weighted by molar-refractivity contribution is -0.132. The van der Waals surface area contributed by atoms with Gasteiger partial charge in [0.2, 0.25) is 5.91 Å². The number of carbonyl (C=O) groups excluding carboxylic acids is 2. The second kappa shape index (κ2) is 9.21. The van der Waals surface area contributed by atoms with Crippen molar-refractivity contribution in [2.45, 2.75) is 26.7 Å². The van der Waals surface area contributed by atoms with Crippen LogP contribution in [-0.2, 0) is 9.59 Å². The van der Waals surface area contributed by atoms with Crippen molar-refractivity contribution in [1.29, 1.82) is 0 Å². The number of amides is 1. The smallest absolute Gasteiger partial charge is 0.308 e. The predicted octanol–water partition coefficient (Wildman–Crippen LogP) is 3.55. The molecule has 1 atom stereocenters.